The largest absolute Gasteiger partial charge is 0.573 e. The quantitative estimate of drug-likeness (QED) is 0.634. The number of halogens is 5. The Morgan fingerprint density at radius 3 is 2.43 bits per heavy atom. The number of rotatable bonds is 3. The molecule has 0 fully saturated rings. The summed E-state index contributed by atoms with van der Waals surface area (Å²) in [5.41, 5.74) is 0.564. The lowest BCUT2D eigenvalue weighted by molar-refractivity contribution is -0.275. The maximum atomic E-state index is 12.4. The highest BCUT2D eigenvalue weighted by atomic mass is 127. The van der Waals surface area contributed by atoms with Gasteiger partial charge in [0.25, 0.3) is 0 Å². The summed E-state index contributed by atoms with van der Waals surface area (Å²) in [5.74, 6) is -0.409. The van der Waals surface area contributed by atoms with Crippen molar-refractivity contribution in [2.75, 3.05) is 0 Å². The van der Waals surface area contributed by atoms with Gasteiger partial charge in [-0.05, 0) is 52.4 Å². The molecule has 112 valence electrons. The summed E-state index contributed by atoms with van der Waals surface area (Å²) in [7, 11) is 0. The third-order valence-electron chi connectivity index (χ3n) is 2.69. The van der Waals surface area contributed by atoms with Gasteiger partial charge in [0, 0.05) is 13.6 Å². The summed E-state index contributed by atoms with van der Waals surface area (Å²) >= 11 is 5.29. The van der Waals surface area contributed by atoms with Crippen molar-refractivity contribution >= 4 is 38.5 Å². The van der Waals surface area contributed by atoms with Crippen LogP contribution in [0.2, 0.25) is 0 Å². The van der Waals surface area contributed by atoms with Gasteiger partial charge in [-0.2, -0.15) is 0 Å². The molecule has 0 radical (unpaired) electrons. The summed E-state index contributed by atoms with van der Waals surface area (Å²) in [4.78, 5) is 0. The van der Waals surface area contributed by atoms with E-state index in [1.54, 1.807) is 24.3 Å². The Balaban J connectivity index is 2.44. The minimum absolute atomic E-state index is 0.0610. The Hall–Kier alpha value is -0.800. The standard InChI is InChI=1S/C14H9BrF3IO2/c15-8-5-6-11(19)10(7-8)13(20)9-3-1-2-4-12(9)21-14(16,17)18/h1-7,13,20H. The zero-order chi connectivity index (χ0) is 15.6. The van der Waals surface area contributed by atoms with Gasteiger partial charge in [-0.15, -0.1) is 13.2 Å². The van der Waals surface area contributed by atoms with Crippen LogP contribution in [-0.2, 0) is 0 Å². The van der Waals surface area contributed by atoms with Crippen LogP contribution >= 0.6 is 38.5 Å². The summed E-state index contributed by atoms with van der Waals surface area (Å²) in [5, 5.41) is 10.4. The number of para-hydroxylation sites is 1. The van der Waals surface area contributed by atoms with Gasteiger partial charge in [-0.1, -0.05) is 34.1 Å². The highest BCUT2D eigenvalue weighted by Crippen LogP contribution is 2.35. The third-order valence-corrected chi connectivity index (χ3v) is 4.17. The summed E-state index contributed by atoms with van der Waals surface area (Å²) < 4.78 is 42.7. The van der Waals surface area contributed by atoms with Crippen LogP contribution in [0.4, 0.5) is 13.2 Å². The minimum Gasteiger partial charge on any atom is -0.405 e. The minimum atomic E-state index is -4.81. The molecule has 1 unspecified atom stereocenters. The molecule has 0 aliphatic carbocycles. The molecule has 2 aromatic rings. The number of ether oxygens (including phenoxy) is 1. The Bertz CT molecular complexity index is 646. The molecule has 0 bridgehead atoms. The maximum absolute atomic E-state index is 12.4. The molecule has 0 saturated heterocycles. The van der Waals surface area contributed by atoms with Crippen LogP contribution in [0.15, 0.2) is 46.9 Å². The molecule has 2 rings (SSSR count). The molecule has 7 heteroatoms. The normalized spacial score (nSPS) is 13.0. The summed E-state index contributed by atoms with van der Waals surface area (Å²) in [6.07, 6.45) is -6.02. The molecule has 1 atom stereocenters. The Labute approximate surface area is 141 Å². The van der Waals surface area contributed by atoms with Gasteiger partial charge in [0.1, 0.15) is 11.9 Å². The van der Waals surface area contributed by atoms with Gasteiger partial charge in [-0.3, -0.25) is 0 Å². The lowest BCUT2D eigenvalue weighted by Crippen LogP contribution is -2.19. The van der Waals surface area contributed by atoms with Crippen LogP contribution in [0, 0.1) is 3.57 Å². The third kappa shape index (κ3) is 4.33. The van der Waals surface area contributed by atoms with Crippen molar-refractivity contribution in [3.8, 4) is 5.75 Å². The van der Waals surface area contributed by atoms with Gasteiger partial charge in [0.15, 0.2) is 0 Å². The smallest absolute Gasteiger partial charge is 0.405 e. The van der Waals surface area contributed by atoms with Crippen LogP contribution in [0.5, 0.6) is 5.75 Å². The van der Waals surface area contributed by atoms with Crippen molar-refractivity contribution in [2.24, 2.45) is 0 Å². The van der Waals surface area contributed by atoms with Gasteiger partial charge >= 0.3 is 6.36 Å². The molecule has 0 heterocycles. The number of alkyl halides is 3. The van der Waals surface area contributed by atoms with Gasteiger partial charge in [0.2, 0.25) is 0 Å². The lowest BCUT2D eigenvalue weighted by atomic mass is 10.0. The zero-order valence-corrected chi connectivity index (χ0v) is 14.1. The second-order valence-electron chi connectivity index (χ2n) is 4.15. The maximum Gasteiger partial charge on any atom is 0.573 e. The molecule has 0 amide bonds. The second-order valence-corrected chi connectivity index (χ2v) is 6.23. The van der Waals surface area contributed by atoms with Gasteiger partial charge in [0.05, 0.1) is 0 Å². The first-order valence-corrected chi connectivity index (χ1v) is 7.63. The number of benzene rings is 2. The highest BCUT2D eigenvalue weighted by molar-refractivity contribution is 14.1. The van der Waals surface area contributed by atoms with Crippen LogP contribution < -0.4 is 4.74 Å². The summed E-state index contributed by atoms with van der Waals surface area (Å²) in [6.45, 7) is 0. The molecule has 0 saturated carbocycles. The van der Waals surface area contributed by atoms with Crippen LogP contribution in [-0.4, -0.2) is 11.5 Å². The van der Waals surface area contributed by atoms with Crippen LogP contribution in [0.25, 0.3) is 0 Å². The number of hydrogen-bond acceptors (Lipinski definition) is 2. The van der Waals surface area contributed by atoms with Crippen molar-refractivity contribution in [3.05, 3.63) is 61.6 Å². The Kier molecular flexibility index (Phi) is 5.15. The van der Waals surface area contributed by atoms with E-state index >= 15 is 0 Å². The average molecular weight is 473 g/mol. The number of aliphatic hydroxyl groups excluding tert-OH is 1. The molecule has 0 aromatic heterocycles. The van der Waals surface area contributed by atoms with E-state index in [1.165, 1.54) is 18.2 Å². The van der Waals surface area contributed by atoms with E-state index in [4.69, 9.17) is 0 Å². The van der Waals surface area contributed by atoms with E-state index in [1.807, 2.05) is 22.6 Å². The van der Waals surface area contributed by atoms with E-state index in [0.717, 1.165) is 8.04 Å². The SMILES string of the molecule is OC(c1cc(Br)ccc1I)c1ccccc1OC(F)(F)F. The topological polar surface area (TPSA) is 29.5 Å². The van der Waals surface area contributed by atoms with Gasteiger partial charge < -0.3 is 9.84 Å². The van der Waals surface area contributed by atoms with Crippen molar-refractivity contribution < 1.29 is 23.0 Å². The fraction of sp³-hybridized carbons (Fsp3) is 0.143. The number of hydrogen-bond donors (Lipinski definition) is 1. The first-order valence-electron chi connectivity index (χ1n) is 5.75. The monoisotopic (exact) mass is 472 g/mol. The highest BCUT2D eigenvalue weighted by Gasteiger charge is 2.33. The molecule has 0 spiro atoms. The predicted octanol–water partition coefficient (Wildman–Crippen LogP) is 5.03. The van der Waals surface area contributed by atoms with Crippen molar-refractivity contribution in [1.82, 2.24) is 0 Å². The number of aliphatic hydroxyl groups is 1. The first-order chi connectivity index (χ1) is 9.78. The first kappa shape index (κ1) is 16.6. The molecule has 2 aromatic carbocycles. The van der Waals surface area contributed by atoms with E-state index in [-0.39, 0.29) is 5.56 Å². The predicted molar refractivity (Wildman–Crippen MR) is 84.0 cm³/mol. The Morgan fingerprint density at radius 1 is 1.10 bits per heavy atom. The lowest BCUT2D eigenvalue weighted by Gasteiger charge is -2.18. The van der Waals surface area contributed by atoms with Crippen LogP contribution in [0.3, 0.4) is 0 Å². The fourth-order valence-corrected chi connectivity index (χ4v) is 2.82. The molecule has 1 N–H and O–H groups in total. The molecule has 21 heavy (non-hydrogen) atoms. The molecular weight excluding hydrogens is 464 g/mol. The summed E-state index contributed by atoms with van der Waals surface area (Å²) in [6, 6.07) is 10.8. The van der Waals surface area contributed by atoms with Crippen molar-refractivity contribution in [3.63, 3.8) is 0 Å². The molecule has 0 aliphatic heterocycles. The van der Waals surface area contributed by atoms with E-state index in [0.29, 0.717) is 5.56 Å². The molecule has 0 aliphatic rings. The average Bonchev–Trinajstić information content (AvgIpc) is 2.39. The van der Waals surface area contributed by atoms with Crippen LogP contribution in [0.1, 0.15) is 17.2 Å². The van der Waals surface area contributed by atoms with Gasteiger partial charge in [-0.25, -0.2) is 0 Å². The van der Waals surface area contributed by atoms with Crippen molar-refractivity contribution in [2.45, 2.75) is 12.5 Å². The Morgan fingerprint density at radius 2 is 1.76 bits per heavy atom. The molecule has 2 nitrogen and oxygen atoms in total. The van der Waals surface area contributed by atoms with E-state index in [2.05, 4.69) is 20.7 Å². The second kappa shape index (κ2) is 6.53. The zero-order valence-electron chi connectivity index (χ0n) is 10.4. The fourth-order valence-electron chi connectivity index (χ4n) is 1.82. The van der Waals surface area contributed by atoms with Crippen molar-refractivity contribution in [1.29, 1.82) is 0 Å². The van der Waals surface area contributed by atoms with E-state index < -0.39 is 18.2 Å². The molecular formula is C14H9BrF3IO2. The van der Waals surface area contributed by atoms with E-state index in [9.17, 15) is 18.3 Å².